The van der Waals surface area contributed by atoms with Crippen LogP contribution in [0.5, 0.6) is 0 Å². The van der Waals surface area contributed by atoms with E-state index in [1.807, 2.05) is 10.4 Å². The topological polar surface area (TPSA) is 39.7 Å². The van der Waals surface area contributed by atoms with Crippen LogP contribution < -0.4 is 0 Å². The molecule has 0 N–H and O–H groups in total. The minimum Gasteiger partial charge on any atom is -0.342 e. The van der Waals surface area contributed by atoms with Crippen molar-refractivity contribution in [2.75, 3.05) is 45.8 Å². The van der Waals surface area contributed by atoms with Crippen molar-refractivity contribution < 1.29 is 4.79 Å². The van der Waals surface area contributed by atoms with E-state index in [1.165, 1.54) is 12.8 Å². The molecule has 0 saturated carbocycles. The summed E-state index contributed by atoms with van der Waals surface area (Å²) in [7, 11) is 0. The fourth-order valence-electron chi connectivity index (χ4n) is 2.91. The molecule has 1 aromatic rings. The van der Waals surface area contributed by atoms with Gasteiger partial charge in [-0.2, -0.15) is 0 Å². The molecular formula is C14H22N4OS. The molecule has 3 heterocycles. The van der Waals surface area contributed by atoms with Crippen LogP contribution in [0.3, 0.4) is 0 Å². The van der Waals surface area contributed by atoms with E-state index in [0.717, 1.165) is 51.5 Å². The van der Waals surface area contributed by atoms with Crippen LogP contribution in [0.25, 0.3) is 0 Å². The van der Waals surface area contributed by atoms with E-state index in [4.69, 9.17) is 0 Å². The van der Waals surface area contributed by atoms with Crippen molar-refractivity contribution in [2.45, 2.75) is 19.4 Å². The van der Waals surface area contributed by atoms with Crippen molar-refractivity contribution in [3.63, 3.8) is 0 Å². The maximum absolute atomic E-state index is 12.1. The number of hydrogen-bond donors (Lipinski definition) is 0. The molecule has 0 unspecified atom stereocenters. The van der Waals surface area contributed by atoms with Gasteiger partial charge in [0, 0.05) is 51.2 Å². The summed E-state index contributed by atoms with van der Waals surface area (Å²) >= 11 is 1.65. The van der Waals surface area contributed by atoms with Gasteiger partial charge < -0.3 is 4.90 Å². The third-order valence-electron chi connectivity index (χ3n) is 4.15. The Hall–Kier alpha value is -0.980. The Morgan fingerprint density at radius 1 is 1.10 bits per heavy atom. The second-order valence-electron chi connectivity index (χ2n) is 5.62. The maximum atomic E-state index is 12.1. The number of carbonyl (C=O) groups is 1. The largest absolute Gasteiger partial charge is 0.342 e. The first kappa shape index (κ1) is 14.0. The van der Waals surface area contributed by atoms with Crippen LogP contribution >= 0.6 is 11.3 Å². The fourth-order valence-corrected chi connectivity index (χ4v) is 3.46. The lowest BCUT2D eigenvalue weighted by Crippen LogP contribution is -2.49. The molecule has 0 atom stereocenters. The van der Waals surface area contributed by atoms with Gasteiger partial charge in [0.25, 0.3) is 0 Å². The van der Waals surface area contributed by atoms with Crippen LogP contribution in [-0.4, -0.2) is 71.4 Å². The van der Waals surface area contributed by atoms with Crippen molar-refractivity contribution in [1.82, 2.24) is 19.7 Å². The number of piperazine rings is 1. The maximum Gasteiger partial charge on any atom is 0.236 e. The lowest BCUT2D eigenvalue weighted by Gasteiger charge is -2.34. The highest BCUT2D eigenvalue weighted by molar-refractivity contribution is 7.07. The van der Waals surface area contributed by atoms with Gasteiger partial charge in [0.05, 0.1) is 17.7 Å². The average Bonchev–Trinajstić information content (AvgIpc) is 3.13. The second kappa shape index (κ2) is 6.65. The van der Waals surface area contributed by atoms with Gasteiger partial charge >= 0.3 is 0 Å². The quantitative estimate of drug-likeness (QED) is 0.826. The van der Waals surface area contributed by atoms with Crippen molar-refractivity contribution in [1.29, 1.82) is 0 Å². The number of likely N-dealkylation sites (tertiary alicyclic amines) is 1. The molecule has 0 aromatic carbocycles. The fraction of sp³-hybridized carbons (Fsp3) is 0.714. The minimum atomic E-state index is 0.315. The van der Waals surface area contributed by atoms with Gasteiger partial charge in [0.1, 0.15) is 0 Å². The Kier molecular flexibility index (Phi) is 4.65. The number of amides is 1. The molecule has 0 bridgehead atoms. The minimum absolute atomic E-state index is 0.315. The smallest absolute Gasteiger partial charge is 0.236 e. The summed E-state index contributed by atoms with van der Waals surface area (Å²) in [6, 6.07) is 0. The highest BCUT2D eigenvalue weighted by Crippen LogP contribution is 2.11. The molecule has 1 amide bonds. The van der Waals surface area contributed by atoms with E-state index in [0.29, 0.717) is 12.5 Å². The molecule has 1 aromatic heterocycles. The summed E-state index contributed by atoms with van der Waals surface area (Å²) in [5, 5.41) is 2.11. The highest BCUT2D eigenvalue weighted by atomic mass is 32.1. The van der Waals surface area contributed by atoms with Gasteiger partial charge in [-0.05, 0) is 12.8 Å². The van der Waals surface area contributed by atoms with E-state index in [9.17, 15) is 4.79 Å². The van der Waals surface area contributed by atoms with E-state index >= 15 is 0 Å². The molecule has 0 spiro atoms. The summed E-state index contributed by atoms with van der Waals surface area (Å²) in [6.45, 7) is 7.51. The number of aromatic nitrogens is 1. The van der Waals surface area contributed by atoms with E-state index in [1.54, 1.807) is 11.3 Å². The zero-order chi connectivity index (χ0) is 13.8. The van der Waals surface area contributed by atoms with Crippen molar-refractivity contribution in [3.05, 3.63) is 16.6 Å². The van der Waals surface area contributed by atoms with Crippen molar-refractivity contribution >= 4 is 17.2 Å². The molecule has 110 valence electrons. The molecule has 0 radical (unpaired) electrons. The zero-order valence-electron chi connectivity index (χ0n) is 11.8. The van der Waals surface area contributed by atoms with Gasteiger partial charge in [-0.3, -0.25) is 14.6 Å². The first-order valence-corrected chi connectivity index (χ1v) is 8.35. The van der Waals surface area contributed by atoms with Crippen LogP contribution in [0.2, 0.25) is 0 Å². The zero-order valence-corrected chi connectivity index (χ0v) is 12.6. The number of rotatable bonds is 4. The van der Waals surface area contributed by atoms with E-state index in [2.05, 4.69) is 20.2 Å². The molecule has 0 aliphatic carbocycles. The van der Waals surface area contributed by atoms with Crippen LogP contribution in [0.1, 0.15) is 18.5 Å². The number of nitrogens with zero attached hydrogens (tertiary/aromatic N) is 4. The van der Waals surface area contributed by atoms with Gasteiger partial charge in [0.2, 0.25) is 5.91 Å². The predicted molar refractivity (Wildman–Crippen MR) is 79.6 cm³/mol. The monoisotopic (exact) mass is 294 g/mol. The molecular weight excluding hydrogens is 272 g/mol. The molecule has 3 rings (SSSR count). The first-order chi connectivity index (χ1) is 9.81. The summed E-state index contributed by atoms with van der Waals surface area (Å²) in [5.41, 5.74) is 3.05. The summed E-state index contributed by atoms with van der Waals surface area (Å²) in [5.74, 6) is 0.315. The lowest BCUT2D eigenvalue weighted by atomic mass is 10.3. The predicted octanol–water partition coefficient (Wildman–Crippen LogP) is 0.883. The van der Waals surface area contributed by atoms with E-state index < -0.39 is 0 Å². The van der Waals surface area contributed by atoms with Crippen molar-refractivity contribution in [2.24, 2.45) is 0 Å². The van der Waals surface area contributed by atoms with Gasteiger partial charge in [0.15, 0.2) is 0 Å². The standard InChI is InChI=1S/C14H22N4OS/c19-14(18-3-1-2-4-18)10-17-7-5-16(6-8-17)9-13-11-20-12-15-13/h11-12H,1-10H2. The summed E-state index contributed by atoms with van der Waals surface area (Å²) in [4.78, 5) is 23.2. The highest BCUT2D eigenvalue weighted by Gasteiger charge is 2.23. The average molecular weight is 294 g/mol. The molecule has 2 aliphatic heterocycles. The van der Waals surface area contributed by atoms with Crippen LogP contribution in [0, 0.1) is 0 Å². The van der Waals surface area contributed by atoms with E-state index in [-0.39, 0.29) is 0 Å². The Balaban J connectivity index is 1.40. The summed E-state index contributed by atoms with van der Waals surface area (Å²) in [6.07, 6.45) is 2.35. The third-order valence-corrected chi connectivity index (χ3v) is 4.79. The van der Waals surface area contributed by atoms with Crippen molar-refractivity contribution in [3.8, 4) is 0 Å². The summed E-state index contributed by atoms with van der Waals surface area (Å²) < 4.78 is 0. The second-order valence-corrected chi connectivity index (χ2v) is 6.34. The molecule has 2 aliphatic rings. The Morgan fingerprint density at radius 2 is 1.80 bits per heavy atom. The number of hydrogen-bond acceptors (Lipinski definition) is 5. The Bertz CT molecular complexity index is 422. The lowest BCUT2D eigenvalue weighted by molar-refractivity contribution is -0.131. The number of thiazole rings is 1. The Morgan fingerprint density at radius 3 is 2.45 bits per heavy atom. The molecule has 2 fully saturated rings. The van der Waals surface area contributed by atoms with Gasteiger partial charge in [-0.25, -0.2) is 4.98 Å². The molecule has 2 saturated heterocycles. The molecule has 6 heteroatoms. The van der Waals surface area contributed by atoms with Crippen LogP contribution in [0.15, 0.2) is 10.9 Å². The van der Waals surface area contributed by atoms with Crippen LogP contribution in [-0.2, 0) is 11.3 Å². The number of carbonyl (C=O) groups excluding carboxylic acids is 1. The van der Waals surface area contributed by atoms with Gasteiger partial charge in [-0.1, -0.05) is 0 Å². The third kappa shape index (κ3) is 3.56. The van der Waals surface area contributed by atoms with Crippen LogP contribution in [0.4, 0.5) is 0 Å². The SMILES string of the molecule is O=C(CN1CCN(Cc2cscn2)CC1)N1CCCC1. The first-order valence-electron chi connectivity index (χ1n) is 7.41. The Labute approximate surface area is 124 Å². The van der Waals surface area contributed by atoms with Gasteiger partial charge in [-0.15, -0.1) is 11.3 Å². The molecule has 5 nitrogen and oxygen atoms in total. The molecule has 20 heavy (non-hydrogen) atoms. The normalized spacial score (nSPS) is 21.5.